The molecule has 2 aromatic rings. The number of amides is 1. The Kier molecular flexibility index (Phi) is 6.66. The van der Waals surface area contributed by atoms with Crippen molar-refractivity contribution in [3.8, 4) is 0 Å². The van der Waals surface area contributed by atoms with Crippen LogP contribution in [0.5, 0.6) is 0 Å². The molecule has 1 amide bonds. The summed E-state index contributed by atoms with van der Waals surface area (Å²) in [6.45, 7) is 7.14. The Morgan fingerprint density at radius 3 is 2.69 bits per heavy atom. The lowest BCUT2D eigenvalue weighted by Crippen LogP contribution is -2.58. The quantitative estimate of drug-likeness (QED) is 0.756. The van der Waals surface area contributed by atoms with Crippen molar-refractivity contribution in [2.24, 2.45) is 0 Å². The van der Waals surface area contributed by atoms with Crippen LogP contribution in [0.25, 0.3) is 0 Å². The van der Waals surface area contributed by atoms with Crippen molar-refractivity contribution in [2.75, 3.05) is 45.9 Å². The van der Waals surface area contributed by atoms with Crippen LogP contribution in [0, 0.1) is 6.92 Å². The first-order valence-electron chi connectivity index (χ1n) is 10.3. The van der Waals surface area contributed by atoms with Gasteiger partial charge in [0.15, 0.2) is 0 Å². The summed E-state index contributed by atoms with van der Waals surface area (Å²) in [6.07, 6.45) is 3.74. The van der Waals surface area contributed by atoms with E-state index in [2.05, 4.69) is 22.0 Å². The minimum Gasteiger partial charge on any atom is -0.396 e. The molecule has 0 bridgehead atoms. The molecule has 2 aliphatic rings. The molecule has 0 saturated carbocycles. The van der Waals surface area contributed by atoms with Gasteiger partial charge in [0.05, 0.1) is 23.8 Å². The normalized spacial score (nSPS) is 19.7. The third-order valence-corrected chi connectivity index (χ3v) is 7.87. The minimum absolute atomic E-state index is 0.0378. The summed E-state index contributed by atoms with van der Waals surface area (Å²) in [5.74, 6) is 0.0378. The number of thiophene rings is 1. The number of hydrogen-bond acceptors (Lipinski definition) is 7. The zero-order valence-electron chi connectivity index (χ0n) is 16.9. The summed E-state index contributed by atoms with van der Waals surface area (Å²) in [5.41, 5.74) is 0.366. The molecule has 0 aliphatic carbocycles. The first-order valence-corrected chi connectivity index (χ1v) is 12.0. The van der Waals surface area contributed by atoms with Crippen LogP contribution in [0.15, 0.2) is 17.5 Å². The van der Waals surface area contributed by atoms with Crippen LogP contribution in [0.4, 0.5) is 0 Å². The highest BCUT2D eigenvalue weighted by atomic mass is 32.1. The number of aliphatic hydroxyl groups excluding tert-OH is 1. The second-order valence-electron chi connectivity index (χ2n) is 7.94. The predicted octanol–water partition coefficient (Wildman–Crippen LogP) is 2.60. The van der Waals surface area contributed by atoms with Gasteiger partial charge in [0.1, 0.15) is 5.69 Å². The van der Waals surface area contributed by atoms with Gasteiger partial charge in [-0.05, 0) is 38.3 Å². The van der Waals surface area contributed by atoms with Crippen LogP contribution in [-0.2, 0) is 17.6 Å². The second kappa shape index (κ2) is 9.22. The van der Waals surface area contributed by atoms with Gasteiger partial charge in [-0.25, -0.2) is 4.98 Å². The second-order valence-corrected chi connectivity index (χ2v) is 10.3. The number of ether oxygens (including phenoxy) is 1. The lowest BCUT2D eigenvalue weighted by Gasteiger charge is -2.47. The fraction of sp³-hybridized carbons (Fsp3) is 0.619. The smallest absolute Gasteiger partial charge is 0.273 e. The summed E-state index contributed by atoms with van der Waals surface area (Å²) in [4.78, 5) is 24.2. The largest absolute Gasteiger partial charge is 0.396 e. The highest BCUT2D eigenvalue weighted by Crippen LogP contribution is 2.31. The van der Waals surface area contributed by atoms with Crippen molar-refractivity contribution in [1.29, 1.82) is 0 Å². The lowest BCUT2D eigenvalue weighted by molar-refractivity contribution is -0.127. The van der Waals surface area contributed by atoms with E-state index in [0.29, 0.717) is 25.4 Å². The lowest BCUT2D eigenvalue weighted by atomic mass is 9.89. The van der Waals surface area contributed by atoms with Crippen LogP contribution in [0.2, 0.25) is 0 Å². The molecular weight excluding hydrogens is 406 g/mol. The number of thiazole rings is 1. The van der Waals surface area contributed by atoms with E-state index in [1.807, 2.05) is 28.5 Å². The molecule has 158 valence electrons. The van der Waals surface area contributed by atoms with Crippen molar-refractivity contribution in [3.63, 3.8) is 0 Å². The van der Waals surface area contributed by atoms with E-state index in [-0.39, 0.29) is 18.1 Å². The first-order chi connectivity index (χ1) is 14.1. The molecule has 2 saturated heterocycles. The Bertz CT molecular complexity index is 827. The summed E-state index contributed by atoms with van der Waals surface area (Å²) >= 11 is 3.33. The van der Waals surface area contributed by atoms with E-state index in [0.717, 1.165) is 50.3 Å². The Hall–Kier alpha value is -1.32. The number of aryl methyl sites for hydroxylation is 1. The topological polar surface area (TPSA) is 65.9 Å². The van der Waals surface area contributed by atoms with Gasteiger partial charge < -0.3 is 19.6 Å². The number of hydrogen-bond donors (Lipinski definition) is 1. The molecule has 29 heavy (non-hydrogen) atoms. The fourth-order valence-corrected chi connectivity index (χ4v) is 5.78. The van der Waals surface area contributed by atoms with E-state index >= 15 is 0 Å². The molecule has 6 nitrogen and oxygen atoms in total. The summed E-state index contributed by atoms with van der Waals surface area (Å²) in [5, 5.41) is 11.9. The highest BCUT2D eigenvalue weighted by molar-refractivity contribution is 7.12. The number of aliphatic hydroxyl groups is 1. The number of aromatic nitrogens is 1. The van der Waals surface area contributed by atoms with E-state index in [1.54, 1.807) is 0 Å². The first kappa shape index (κ1) is 20.9. The Labute approximate surface area is 180 Å². The number of morpholine rings is 1. The molecule has 0 aromatic carbocycles. The van der Waals surface area contributed by atoms with Crippen LogP contribution in [0.3, 0.4) is 0 Å². The van der Waals surface area contributed by atoms with Crippen molar-refractivity contribution in [2.45, 2.75) is 38.2 Å². The average molecular weight is 436 g/mol. The van der Waals surface area contributed by atoms with Crippen LogP contribution in [0.1, 0.15) is 38.1 Å². The summed E-state index contributed by atoms with van der Waals surface area (Å²) < 4.78 is 6.21. The van der Waals surface area contributed by atoms with Gasteiger partial charge in [-0.3, -0.25) is 4.79 Å². The standard InChI is InChI=1S/C21H29N3O3S2/c1-16-22-19(14-28-16)20(26)24-11-13-27-21(15-24)6-9-23(10-7-21)8-4-17-2-3-18(29-17)5-12-25/h2-3,14,25H,4-13,15H2,1H3. The molecule has 2 aromatic heterocycles. The number of likely N-dealkylation sites (tertiary alicyclic amines) is 1. The summed E-state index contributed by atoms with van der Waals surface area (Å²) in [6, 6.07) is 4.32. The monoisotopic (exact) mass is 435 g/mol. The molecule has 1 spiro atoms. The molecule has 4 heterocycles. The molecular formula is C21H29N3O3S2. The van der Waals surface area contributed by atoms with E-state index in [1.165, 1.54) is 21.1 Å². The summed E-state index contributed by atoms with van der Waals surface area (Å²) in [7, 11) is 0. The van der Waals surface area contributed by atoms with Gasteiger partial charge in [0.2, 0.25) is 0 Å². The number of piperidine rings is 1. The maximum atomic E-state index is 12.8. The van der Waals surface area contributed by atoms with Crippen molar-refractivity contribution >= 4 is 28.6 Å². The maximum Gasteiger partial charge on any atom is 0.273 e. The van der Waals surface area contributed by atoms with E-state index < -0.39 is 0 Å². The third-order valence-electron chi connectivity index (χ3n) is 5.89. The van der Waals surface area contributed by atoms with E-state index in [4.69, 9.17) is 9.84 Å². The minimum atomic E-state index is -0.202. The molecule has 0 radical (unpaired) electrons. The zero-order chi connectivity index (χ0) is 20.3. The number of nitrogens with zero attached hydrogens (tertiary/aromatic N) is 3. The Morgan fingerprint density at radius 1 is 1.24 bits per heavy atom. The molecule has 0 atom stereocenters. The highest BCUT2D eigenvalue weighted by Gasteiger charge is 2.41. The maximum absolute atomic E-state index is 12.8. The van der Waals surface area contributed by atoms with Gasteiger partial charge in [-0.2, -0.15) is 0 Å². The molecule has 0 unspecified atom stereocenters. The Balaban J connectivity index is 1.28. The third kappa shape index (κ3) is 5.06. The SMILES string of the molecule is Cc1nc(C(=O)N2CCOC3(CCN(CCc4ccc(CCO)s4)CC3)C2)cs1. The van der Waals surface area contributed by atoms with Crippen LogP contribution < -0.4 is 0 Å². The fourth-order valence-electron chi connectivity index (χ4n) is 4.20. The van der Waals surface area contributed by atoms with Gasteiger partial charge >= 0.3 is 0 Å². The average Bonchev–Trinajstić information content (AvgIpc) is 3.36. The molecule has 4 rings (SSSR count). The molecule has 2 fully saturated rings. The van der Waals surface area contributed by atoms with Crippen molar-refractivity contribution in [3.05, 3.63) is 38.0 Å². The van der Waals surface area contributed by atoms with Gasteiger partial charge in [0.25, 0.3) is 5.91 Å². The van der Waals surface area contributed by atoms with Gasteiger partial charge in [-0.1, -0.05) is 0 Å². The van der Waals surface area contributed by atoms with Crippen LogP contribution >= 0.6 is 22.7 Å². The molecule has 1 N–H and O–H groups in total. The number of carbonyl (C=O) groups excluding carboxylic acids is 1. The van der Waals surface area contributed by atoms with Gasteiger partial charge in [0, 0.05) is 54.3 Å². The van der Waals surface area contributed by atoms with Crippen molar-refractivity contribution < 1.29 is 14.6 Å². The molecule has 2 aliphatic heterocycles. The Morgan fingerprint density at radius 2 is 2.00 bits per heavy atom. The number of carbonyl (C=O) groups is 1. The number of rotatable bonds is 6. The van der Waals surface area contributed by atoms with Crippen molar-refractivity contribution in [1.82, 2.24) is 14.8 Å². The predicted molar refractivity (Wildman–Crippen MR) is 116 cm³/mol. The molecule has 8 heteroatoms. The van der Waals surface area contributed by atoms with Gasteiger partial charge in [-0.15, -0.1) is 22.7 Å². The van der Waals surface area contributed by atoms with E-state index in [9.17, 15) is 4.79 Å². The zero-order valence-corrected chi connectivity index (χ0v) is 18.6. The van der Waals surface area contributed by atoms with Crippen LogP contribution in [-0.4, -0.2) is 77.3 Å².